The number of allylic oxidation sites excluding steroid dienone is 1. The van der Waals surface area contributed by atoms with E-state index in [9.17, 15) is 20.1 Å². The van der Waals surface area contributed by atoms with E-state index in [0.717, 1.165) is 28.5 Å². The van der Waals surface area contributed by atoms with E-state index < -0.39 is 5.97 Å². The number of aromatic nitrogens is 1. The van der Waals surface area contributed by atoms with Crippen LogP contribution in [0, 0.1) is 22.7 Å². The molecule has 0 amide bonds. The molecule has 0 unspecified atom stereocenters. The summed E-state index contributed by atoms with van der Waals surface area (Å²) in [5, 5.41) is 18.4. The van der Waals surface area contributed by atoms with E-state index in [0.29, 0.717) is 27.8 Å². The molecule has 1 aliphatic heterocycles. The van der Waals surface area contributed by atoms with Crippen molar-refractivity contribution >= 4 is 40.3 Å². The maximum Gasteiger partial charge on any atom is 0.337 e. The number of nitriles is 2. The number of hydrogen-bond acceptors (Lipinski definition) is 8. The average molecular weight is 436 g/mol. The van der Waals surface area contributed by atoms with E-state index in [4.69, 9.17) is 4.74 Å². The number of methoxy groups -OCH3 is 1. The highest BCUT2D eigenvalue weighted by atomic mass is 32.1. The Morgan fingerprint density at radius 2 is 1.87 bits per heavy atom. The average Bonchev–Trinajstić information content (AvgIpc) is 3.25. The standard InChI is InChI=1S/C22H21N5O3S/c1-5-26-16-8-7-14(22(29)30-4)11-17(16)25(3)19(26)10-9-18-20(28)27(6-2)21(31-18)15(12-23)13-24/h7-11H,5-6H2,1-4H3/b18-9-,19-10+. The van der Waals surface area contributed by atoms with Crippen LogP contribution in [-0.4, -0.2) is 31.2 Å². The van der Waals surface area contributed by atoms with Crippen molar-refractivity contribution in [2.75, 3.05) is 30.5 Å². The van der Waals surface area contributed by atoms with Gasteiger partial charge in [-0.3, -0.25) is 9.36 Å². The zero-order valence-corrected chi connectivity index (χ0v) is 18.5. The Hall–Kier alpha value is -3.82. The molecule has 158 valence electrons. The molecule has 1 aliphatic rings. The second kappa shape index (κ2) is 8.90. The lowest BCUT2D eigenvalue weighted by Gasteiger charge is -2.20. The van der Waals surface area contributed by atoms with Crippen molar-refractivity contribution in [2.24, 2.45) is 0 Å². The number of carbonyl (C=O) groups excluding carboxylic acids is 1. The van der Waals surface area contributed by atoms with Gasteiger partial charge < -0.3 is 14.5 Å². The van der Waals surface area contributed by atoms with Gasteiger partial charge in [-0.05, 0) is 44.2 Å². The SMILES string of the molecule is CCN1/C(=C/C=c2\sc(=C(C#N)C#N)n(CC)c2=O)N(C)c2cc(C(=O)OC)ccc21. The van der Waals surface area contributed by atoms with Crippen LogP contribution >= 0.6 is 11.3 Å². The quantitative estimate of drug-likeness (QED) is 0.671. The minimum Gasteiger partial charge on any atom is -0.465 e. The maximum absolute atomic E-state index is 12.8. The molecule has 0 saturated heterocycles. The first-order chi connectivity index (χ1) is 14.9. The summed E-state index contributed by atoms with van der Waals surface area (Å²) in [7, 11) is 3.23. The van der Waals surface area contributed by atoms with Gasteiger partial charge in [0.2, 0.25) is 0 Å². The smallest absolute Gasteiger partial charge is 0.337 e. The predicted molar refractivity (Wildman–Crippen MR) is 120 cm³/mol. The first-order valence-electron chi connectivity index (χ1n) is 9.61. The summed E-state index contributed by atoms with van der Waals surface area (Å²) in [5.74, 6) is 0.429. The van der Waals surface area contributed by atoms with Crippen molar-refractivity contribution in [1.82, 2.24) is 4.57 Å². The highest BCUT2D eigenvalue weighted by Crippen LogP contribution is 2.41. The van der Waals surface area contributed by atoms with Gasteiger partial charge in [0, 0.05) is 20.1 Å². The van der Waals surface area contributed by atoms with E-state index in [1.54, 1.807) is 25.1 Å². The predicted octanol–water partition coefficient (Wildman–Crippen LogP) is 1.51. The lowest BCUT2D eigenvalue weighted by molar-refractivity contribution is 0.0601. The number of carbonyl (C=O) groups is 1. The Kier molecular flexibility index (Phi) is 6.28. The Morgan fingerprint density at radius 3 is 2.45 bits per heavy atom. The van der Waals surface area contributed by atoms with Crippen LogP contribution in [-0.2, 0) is 11.3 Å². The topological polar surface area (TPSA) is 102 Å². The fraction of sp³-hybridized carbons (Fsp3) is 0.273. The van der Waals surface area contributed by atoms with E-state index in [1.165, 1.54) is 11.7 Å². The normalized spacial score (nSPS) is 14.4. The highest BCUT2D eigenvalue weighted by molar-refractivity contribution is 7.07. The molecule has 8 nitrogen and oxygen atoms in total. The fourth-order valence-electron chi connectivity index (χ4n) is 3.50. The molecule has 1 aromatic carbocycles. The molecular formula is C22H21N5O3S. The van der Waals surface area contributed by atoms with E-state index in [2.05, 4.69) is 4.90 Å². The third-order valence-electron chi connectivity index (χ3n) is 5.03. The third-order valence-corrected chi connectivity index (χ3v) is 6.18. The molecule has 0 N–H and O–H groups in total. The van der Waals surface area contributed by atoms with Gasteiger partial charge in [0.05, 0.1) is 28.6 Å². The minimum absolute atomic E-state index is 0.0767. The lowest BCUT2D eigenvalue weighted by Crippen LogP contribution is -2.31. The molecule has 0 saturated carbocycles. The van der Waals surface area contributed by atoms with Gasteiger partial charge >= 0.3 is 5.97 Å². The molecule has 9 heteroatoms. The Balaban J connectivity index is 2.15. The molecule has 31 heavy (non-hydrogen) atoms. The summed E-state index contributed by atoms with van der Waals surface area (Å²) in [6.07, 6.45) is 3.54. The van der Waals surface area contributed by atoms with Crippen molar-refractivity contribution in [3.05, 3.63) is 55.2 Å². The zero-order valence-electron chi connectivity index (χ0n) is 17.7. The molecule has 0 bridgehead atoms. The largest absolute Gasteiger partial charge is 0.465 e. The highest BCUT2D eigenvalue weighted by Gasteiger charge is 2.28. The zero-order chi connectivity index (χ0) is 22.7. The first kappa shape index (κ1) is 21.9. The van der Waals surface area contributed by atoms with Gasteiger partial charge in [0.1, 0.15) is 22.6 Å². The van der Waals surface area contributed by atoms with Crippen LogP contribution in [0.15, 0.2) is 34.9 Å². The molecular weight excluding hydrogens is 414 g/mol. The second-order valence-corrected chi connectivity index (χ2v) is 7.64. The van der Waals surface area contributed by atoms with Crippen LogP contribution in [0.3, 0.4) is 0 Å². The number of ether oxygens (including phenoxy) is 1. The number of thiazole rings is 1. The molecule has 3 rings (SSSR count). The van der Waals surface area contributed by atoms with Crippen LogP contribution < -0.4 is 24.6 Å². The van der Waals surface area contributed by atoms with Crippen molar-refractivity contribution in [1.29, 1.82) is 10.5 Å². The van der Waals surface area contributed by atoms with Gasteiger partial charge in [0.25, 0.3) is 5.56 Å². The van der Waals surface area contributed by atoms with Crippen LogP contribution in [0.25, 0.3) is 11.6 Å². The Bertz CT molecular complexity index is 1320. The van der Waals surface area contributed by atoms with Crippen molar-refractivity contribution < 1.29 is 9.53 Å². The Morgan fingerprint density at radius 1 is 1.16 bits per heavy atom. The van der Waals surface area contributed by atoms with Crippen molar-refractivity contribution in [3.63, 3.8) is 0 Å². The van der Waals surface area contributed by atoms with Gasteiger partial charge in [-0.25, -0.2) is 4.79 Å². The van der Waals surface area contributed by atoms with Crippen LogP contribution in [0.1, 0.15) is 24.2 Å². The number of anilines is 2. The summed E-state index contributed by atoms with van der Waals surface area (Å²) in [6.45, 7) is 4.86. The number of rotatable bonds is 4. The van der Waals surface area contributed by atoms with E-state index in [-0.39, 0.29) is 11.1 Å². The lowest BCUT2D eigenvalue weighted by atomic mass is 10.1. The number of hydrogen-bond donors (Lipinski definition) is 0. The van der Waals surface area contributed by atoms with Gasteiger partial charge in [-0.15, -0.1) is 11.3 Å². The third kappa shape index (κ3) is 3.72. The van der Waals surface area contributed by atoms with Crippen LogP contribution in [0.5, 0.6) is 0 Å². The fourth-order valence-corrected chi connectivity index (χ4v) is 4.56. The minimum atomic E-state index is -0.406. The number of esters is 1. The maximum atomic E-state index is 12.8. The van der Waals surface area contributed by atoms with Crippen LogP contribution in [0.4, 0.5) is 11.4 Å². The van der Waals surface area contributed by atoms with E-state index in [1.807, 2.05) is 43.2 Å². The summed E-state index contributed by atoms with van der Waals surface area (Å²) in [5.41, 5.74) is 1.94. The molecule has 0 atom stereocenters. The molecule has 2 heterocycles. The van der Waals surface area contributed by atoms with E-state index >= 15 is 0 Å². The molecule has 2 aromatic rings. The van der Waals surface area contributed by atoms with Crippen molar-refractivity contribution in [3.8, 4) is 12.1 Å². The summed E-state index contributed by atoms with van der Waals surface area (Å²) >= 11 is 1.12. The summed E-state index contributed by atoms with van der Waals surface area (Å²) in [6, 6.07) is 9.09. The number of nitrogens with zero attached hydrogens (tertiary/aromatic N) is 5. The van der Waals surface area contributed by atoms with Gasteiger partial charge in [0.15, 0.2) is 5.57 Å². The summed E-state index contributed by atoms with van der Waals surface area (Å²) in [4.78, 5) is 28.7. The molecule has 0 radical (unpaired) electrons. The molecule has 0 spiro atoms. The molecule has 0 aliphatic carbocycles. The second-order valence-electron chi connectivity index (χ2n) is 6.61. The van der Waals surface area contributed by atoms with Gasteiger partial charge in [-0.1, -0.05) is 0 Å². The number of benzene rings is 1. The molecule has 1 aromatic heterocycles. The monoisotopic (exact) mass is 435 g/mol. The number of fused-ring (bicyclic) bond motifs is 1. The summed E-state index contributed by atoms with van der Waals surface area (Å²) < 4.78 is 7.05. The Labute approximate surface area is 183 Å². The first-order valence-corrected chi connectivity index (χ1v) is 10.4. The molecule has 0 fully saturated rings. The van der Waals surface area contributed by atoms with Crippen molar-refractivity contribution in [2.45, 2.75) is 20.4 Å². The van der Waals surface area contributed by atoms with Gasteiger partial charge in [-0.2, -0.15) is 10.5 Å². The van der Waals surface area contributed by atoms with Crippen LogP contribution in [0.2, 0.25) is 0 Å².